The van der Waals surface area contributed by atoms with E-state index in [4.69, 9.17) is 31.0 Å². The molecular weight excluding hydrogens is 825 g/mol. The van der Waals surface area contributed by atoms with Crippen molar-refractivity contribution < 1.29 is 80.5 Å². The van der Waals surface area contributed by atoms with E-state index in [1.54, 1.807) is 0 Å². The molecule has 3 rings (SSSR count). The number of nitrogen functional groups attached to an aromatic ring is 1. The molecule has 7 atom stereocenters. The van der Waals surface area contributed by atoms with E-state index in [9.17, 15) is 57.9 Å². The molecule has 7 unspecified atom stereocenters. The van der Waals surface area contributed by atoms with Crippen LogP contribution in [0, 0.1) is 5.41 Å². The number of anilines is 1. The number of aromatic nitrogens is 4. The summed E-state index contributed by atoms with van der Waals surface area (Å²) in [5, 5.41) is 25.9. The summed E-state index contributed by atoms with van der Waals surface area (Å²) in [6.07, 6.45) is -7.02. The molecule has 0 spiro atoms. The third-order valence-corrected chi connectivity index (χ3v) is 11.1. The lowest BCUT2D eigenvalue weighted by atomic mass is 9.87. The van der Waals surface area contributed by atoms with Crippen LogP contribution >= 0.6 is 35.2 Å². The first-order valence-electron chi connectivity index (χ1n) is 15.5. The van der Waals surface area contributed by atoms with Gasteiger partial charge in [-0.3, -0.25) is 32.5 Å². The van der Waals surface area contributed by atoms with Gasteiger partial charge in [0.2, 0.25) is 16.9 Å². The van der Waals surface area contributed by atoms with Gasteiger partial charge in [0, 0.05) is 30.7 Å². The number of fused-ring (bicyclic) bond motifs is 1. The molecule has 0 radical (unpaired) electrons. The first-order chi connectivity index (χ1) is 25.4. The second-order valence-electron chi connectivity index (χ2n) is 12.0. The van der Waals surface area contributed by atoms with E-state index >= 15 is 0 Å². The second kappa shape index (κ2) is 19.3. The number of phosphoric ester groups is 3. The highest BCUT2D eigenvalue weighted by atomic mass is 32.2. The van der Waals surface area contributed by atoms with Crippen LogP contribution in [0.15, 0.2) is 17.6 Å². The maximum absolute atomic E-state index is 12.6. The van der Waals surface area contributed by atoms with Crippen molar-refractivity contribution in [2.45, 2.75) is 50.9 Å². The molecule has 55 heavy (non-hydrogen) atoms. The molecule has 14 N–H and O–H groups in total. The SMILES string of the molecule is CC(C)(COP(=O)(O)OP(=O)(O)OCC1OC(n2cnc3c(N)ncnc32)C(O)C1OP(=O)(O)O)C(O)C(=O)NCCC(=O)NCCSC(=O)CN=C(N)N. The minimum Gasteiger partial charge on any atom is -0.386 e. The van der Waals surface area contributed by atoms with Crippen LogP contribution in [0.25, 0.3) is 11.2 Å². The fourth-order valence-electron chi connectivity index (χ4n) is 4.50. The summed E-state index contributed by atoms with van der Waals surface area (Å²) in [5.41, 5.74) is 14.5. The van der Waals surface area contributed by atoms with Gasteiger partial charge in [0.25, 0.3) is 0 Å². The van der Waals surface area contributed by atoms with E-state index in [0.29, 0.717) is 0 Å². The van der Waals surface area contributed by atoms with Crippen LogP contribution in [0.1, 0.15) is 26.5 Å². The molecule has 1 aliphatic heterocycles. The Hall–Kier alpha value is -3.17. The highest BCUT2D eigenvalue weighted by molar-refractivity contribution is 8.13. The van der Waals surface area contributed by atoms with Crippen LogP contribution in [0.3, 0.4) is 0 Å². The van der Waals surface area contributed by atoms with Gasteiger partial charge in [-0.1, -0.05) is 25.6 Å². The summed E-state index contributed by atoms with van der Waals surface area (Å²) in [5.74, 6) is -1.55. The van der Waals surface area contributed by atoms with Crippen molar-refractivity contribution in [2.24, 2.45) is 21.9 Å². The molecule has 2 aromatic heterocycles. The molecule has 0 aromatic carbocycles. The quantitative estimate of drug-likeness (QED) is 0.0257. The Morgan fingerprint density at radius 2 is 1.75 bits per heavy atom. The lowest BCUT2D eigenvalue weighted by Crippen LogP contribution is -2.46. The number of aliphatic hydroxyl groups is 2. The van der Waals surface area contributed by atoms with Crippen molar-refractivity contribution >= 4 is 75.1 Å². The smallest absolute Gasteiger partial charge is 0.386 e. The minimum atomic E-state index is -5.58. The molecule has 2 aromatic rings. The van der Waals surface area contributed by atoms with Gasteiger partial charge >= 0.3 is 23.5 Å². The van der Waals surface area contributed by atoms with E-state index < -0.39 is 84.6 Å². The lowest BCUT2D eigenvalue weighted by molar-refractivity contribution is -0.137. The summed E-state index contributed by atoms with van der Waals surface area (Å²) < 4.78 is 61.9. The van der Waals surface area contributed by atoms with Gasteiger partial charge in [-0.2, -0.15) is 4.31 Å². The first-order valence-corrected chi connectivity index (χ1v) is 21.0. The summed E-state index contributed by atoms with van der Waals surface area (Å²) in [6.45, 7) is 0.0876. The minimum absolute atomic E-state index is 0.0239. The van der Waals surface area contributed by atoms with Crippen LogP contribution in [0.2, 0.25) is 0 Å². The van der Waals surface area contributed by atoms with Gasteiger partial charge in [0.05, 0.1) is 19.5 Å². The predicted octanol–water partition coefficient (Wildman–Crippen LogP) is -3.06. The standard InChI is InChI=1S/C24H41N10O17P3S/c1-24(2,18(38)21(39)29-4-3-13(35)28-5-6-55-14(36)7-30-23(26)27)9-48-54(45,46)51-53(43,44)47-8-12-17(50-52(40,41)42)16(37)22(49-12)34-11-33-15-19(25)31-10-32-20(15)34/h10-12,16-18,22,37-38H,3-9H2,1-2H3,(H,28,35)(H,29,39)(H,43,44)(H,45,46)(H2,25,31,32)(H4,26,27,30)(H2,40,41,42). The maximum Gasteiger partial charge on any atom is 0.481 e. The van der Waals surface area contributed by atoms with Crippen molar-refractivity contribution in [3.8, 4) is 0 Å². The zero-order chi connectivity index (χ0) is 41.4. The Bertz CT molecular complexity index is 1860. The molecule has 1 fully saturated rings. The van der Waals surface area contributed by atoms with Crippen molar-refractivity contribution in [3.05, 3.63) is 12.7 Å². The Morgan fingerprint density at radius 3 is 2.40 bits per heavy atom. The van der Waals surface area contributed by atoms with E-state index in [1.807, 2.05) is 0 Å². The molecule has 0 aliphatic carbocycles. The summed E-state index contributed by atoms with van der Waals surface area (Å²) in [7, 11) is -16.4. The first kappa shape index (κ1) is 46.2. The molecule has 1 aliphatic rings. The number of nitrogens with two attached hydrogens (primary N) is 3. The van der Waals surface area contributed by atoms with Crippen molar-refractivity contribution in [2.75, 3.05) is 44.3 Å². The van der Waals surface area contributed by atoms with Crippen molar-refractivity contribution in [1.82, 2.24) is 30.2 Å². The Kier molecular flexibility index (Phi) is 16.2. The van der Waals surface area contributed by atoms with Gasteiger partial charge in [-0.05, 0) is 0 Å². The third-order valence-electron chi connectivity index (χ3n) is 7.16. The second-order valence-corrected chi connectivity index (χ2v) is 17.4. The van der Waals surface area contributed by atoms with Gasteiger partial charge < -0.3 is 62.4 Å². The average Bonchev–Trinajstić information content (AvgIpc) is 3.63. The predicted molar refractivity (Wildman–Crippen MR) is 188 cm³/mol. The molecule has 2 amide bonds. The number of aliphatic imine (C=N–C) groups is 1. The summed E-state index contributed by atoms with van der Waals surface area (Å²) in [4.78, 5) is 90.5. The van der Waals surface area contributed by atoms with Gasteiger partial charge in [-0.25, -0.2) is 33.6 Å². The van der Waals surface area contributed by atoms with Gasteiger partial charge in [0.1, 0.15) is 42.8 Å². The molecule has 0 saturated carbocycles. The number of amides is 2. The molecule has 27 nitrogen and oxygen atoms in total. The molecule has 3 heterocycles. The molecule has 1 saturated heterocycles. The van der Waals surface area contributed by atoms with Gasteiger partial charge in [0.15, 0.2) is 23.7 Å². The summed E-state index contributed by atoms with van der Waals surface area (Å²) >= 11 is 0.894. The van der Waals surface area contributed by atoms with E-state index in [-0.39, 0.29) is 59.9 Å². The number of guanidine groups is 1. The maximum atomic E-state index is 12.6. The molecule has 31 heteroatoms. The molecule has 310 valence electrons. The zero-order valence-corrected chi connectivity index (χ0v) is 32.4. The van der Waals surface area contributed by atoms with Gasteiger partial charge in [-0.15, -0.1) is 0 Å². The lowest BCUT2D eigenvalue weighted by Gasteiger charge is -2.30. The number of rotatable bonds is 21. The zero-order valence-electron chi connectivity index (χ0n) is 28.9. The normalized spacial score (nSPS) is 21.7. The van der Waals surface area contributed by atoms with Crippen LogP contribution in [0.4, 0.5) is 5.82 Å². The van der Waals surface area contributed by atoms with Crippen LogP contribution in [-0.4, -0.2) is 135 Å². The number of aliphatic hydroxyl groups excluding tert-OH is 2. The number of imidazole rings is 1. The number of hydrogen-bond donors (Lipinski definition) is 11. The highest BCUT2D eigenvalue weighted by Crippen LogP contribution is 2.61. The largest absolute Gasteiger partial charge is 0.481 e. The monoisotopic (exact) mass is 866 g/mol. The molecule has 0 bridgehead atoms. The number of nitrogens with zero attached hydrogens (tertiary/aromatic N) is 5. The number of nitrogens with one attached hydrogen (secondary N) is 2. The van der Waals surface area contributed by atoms with Crippen LogP contribution < -0.4 is 27.8 Å². The third kappa shape index (κ3) is 14.4. The van der Waals surface area contributed by atoms with E-state index in [1.165, 1.54) is 13.8 Å². The Labute approximate surface area is 315 Å². The summed E-state index contributed by atoms with van der Waals surface area (Å²) in [6, 6.07) is 0. The van der Waals surface area contributed by atoms with Crippen LogP contribution in [0.5, 0.6) is 0 Å². The number of carbonyl (C=O) groups excluding carboxylic acids is 3. The van der Waals surface area contributed by atoms with Crippen LogP contribution in [-0.2, 0) is 50.7 Å². The highest BCUT2D eigenvalue weighted by Gasteiger charge is 2.50. The fraction of sp³-hybridized carbons (Fsp3) is 0.625. The number of phosphoric acid groups is 3. The number of carbonyl (C=O) groups is 3. The van der Waals surface area contributed by atoms with E-state index in [2.05, 4.69) is 39.4 Å². The Morgan fingerprint density at radius 1 is 1.07 bits per heavy atom. The number of thioether (sulfide) groups is 1. The topological polar surface area (TPSA) is 428 Å². The fourth-order valence-corrected chi connectivity index (χ4v) is 7.91. The number of hydrogen-bond acceptors (Lipinski definition) is 19. The Balaban J connectivity index is 1.49. The van der Waals surface area contributed by atoms with Crippen molar-refractivity contribution in [1.29, 1.82) is 0 Å². The van der Waals surface area contributed by atoms with Crippen molar-refractivity contribution in [3.63, 3.8) is 0 Å². The van der Waals surface area contributed by atoms with E-state index in [0.717, 1.165) is 29.0 Å². The average molecular weight is 867 g/mol. The molecular formula is C24H41N10O17P3S. The number of ether oxygens (including phenoxy) is 1.